The minimum Gasteiger partial charge on any atom is -0.484 e. The summed E-state index contributed by atoms with van der Waals surface area (Å²) in [5.74, 6) is -0.215. The van der Waals surface area contributed by atoms with Crippen LogP contribution in [0.3, 0.4) is 0 Å². The molecule has 0 saturated carbocycles. The number of rotatable bonds is 5. The van der Waals surface area contributed by atoms with Crippen LogP contribution in [0.2, 0.25) is 15.1 Å². The van der Waals surface area contributed by atoms with E-state index in [1.807, 2.05) is 0 Å². The Morgan fingerprint density at radius 2 is 1.77 bits per heavy atom. The summed E-state index contributed by atoms with van der Waals surface area (Å²) in [5.41, 5.74) is 0.299. The molecule has 0 spiro atoms. The summed E-state index contributed by atoms with van der Waals surface area (Å²) in [6, 6.07) is 11.7. The average molecular weight is 415 g/mol. The smallest absolute Gasteiger partial charge is 0.291 e. The Morgan fingerprint density at radius 3 is 2.46 bits per heavy atom. The van der Waals surface area contributed by atoms with Crippen LogP contribution in [0, 0.1) is 5.82 Å². The Morgan fingerprint density at radius 1 is 1.04 bits per heavy atom. The largest absolute Gasteiger partial charge is 0.484 e. The van der Waals surface area contributed by atoms with E-state index in [0.29, 0.717) is 27.2 Å². The molecule has 0 aliphatic heterocycles. The molecule has 0 fully saturated rings. The van der Waals surface area contributed by atoms with Gasteiger partial charge in [-0.2, -0.15) is 0 Å². The number of hydrogen-bond donors (Lipinski definition) is 1. The van der Waals surface area contributed by atoms with Gasteiger partial charge in [0.1, 0.15) is 23.9 Å². The number of ether oxygens (including phenoxy) is 1. The molecule has 1 heterocycles. The SMILES string of the molecule is O=C(Nc1c(Cl)cccc1Cl)c1ccc(COc2ccc(F)cc2Cl)o1. The molecule has 8 heteroatoms. The molecule has 2 aromatic carbocycles. The average Bonchev–Trinajstić information content (AvgIpc) is 3.06. The standard InChI is InChI=1S/C18H11Cl3FNO3/c19-12-2-1-3-13(20)17(12)23-18(24)16-7-5-11(26-16)9-25-15-6-4-10(22)8-14(15)21/h1-8H,9H2,(H,23,24). The van der Waals surface area contributed by atoms with E-state index in [0.717, 1.165) is 6.07 Å². The van der Waals surface area contributed by atoms with E-state index in [-0.39, 0.29) is 17.4 Å². The van der Waals surface area contributed by atoms with Crippen LogP contribution in [0.15, 0.2) is 52.9 Å². The first-order valence-corrected chi connectivity index (χ1v) is 8.49. The predicted octanol–water partition coefficient (Wildman–Crippen LogP) is 6.21. The van der Waals surface area contributed by atoms with Gasteiger partial charge in [-0.1, -0.05) is 40.9 Å². The van der Waals surface area contributed by atoms with Gasteiger partial charge in [0.05, 0.1) is 20.8 Å². The van der Waals surface area contributed by atoms with Crippen LogP contribution in [0.25, 0.3) is 0 Å². The van der Waals surface area contributed by atoms with Crippen LogP contribution in [-0.2, 0) is 6.61 Å². The zero-order valence-electron chi connectivity index (χ0n) is 13.1. The molecule has 1 aromatic heterocycles. The fraction of sp³-hybridized carbons (Fsp3) is 0.0556. The normalized spacial score (nSPS) is 10.6. The zero-order chi connectivity index (χ0) is 18.7. The number of carbonyl (C=O) groups is 1. The summed E-state index contributed by atoms with van der Waals surface area (Å²) >= 11 is 17.9. The van der Waals surface area contributed by atoms with E-state index in [2.05, 4.69) is 5.32 Å². The molecule has 0 radical (unpaired) electrons. The van der Waals surface area contributed by atoms with Crippen molar-refractivity contribution >= 4 is 46.4 Å². The van der Waals surface area contributed by atoms with E-state index < -0.39 is 11.7 Å². The van der Waals surface area contributed by atoms with Crippen molar-refractivity contribution in [3.05, 3.63) is 80.9 Å². The fourth-order valence-corrected chi connectivity index (χ4v) is 2.82. The van der Waals surface area contributed by atoms with Crippen molar-refractivity contribution in [3.63, 3.8) is 0 Å². The highest BCUT2D eigenvalue weighted by atomic mass is 35.5. The Bertz CT molecular complexity index is 938. The number of nitrogens with one attached hydrogen (secondary N) is 1. The molecule has 0 aliphatic carbocycles. The van der Waals surface area contributed by atoms with Gasteiger partial charge >= 0.3 is 0 Å². The summed E-state index contributed by atoms with van der Waals surface area (Å²) in [6.45, 7) is 0.0193. The van der Waals surface area contributed by atoms with Crippen LogP contribution in [0.4, 0.5) is 10.1 Å². The third-order valence-electron chi connectivity index (χ3n) is 3.35. The fourth-order valence-electron chi connectivity index (χ4n) is 2.11. The van der Waals surface area contributed by atoms with Gasteiger partial charge in [0, 0.05) is 0 Å². The summed E-state index contributed by atoms with van der Waals surface area (Å²) < 4.78 is 23.9. The molecule has 0 unspecified atom stereocenters. The quantitative estimate of drug-likeness (QED) is 0.540. The lowest BCUT2D eigenvalue weighted by Crippen LogP contribution is -2.11. The minimum atomic E-state index is -0.508. The van der Waals surface area contributed by atoms with Crippen LogP contribution in [0.5, 0.6) is 5.75 Å². The molecule has 0 saturated heterocycles. The molecule has 0 bridgehead atoms. The van der Waals surface area contributed by atoms with Gasteiger partial charge < -0.3 is 14.5 Å². The first kappa shape index (κ1) is 18.6. The van der Waals surface area contributed by atoms with Gasteiger partial charge in [-0.05, 0) is 42.5 Å². The third-order valence-corrected chi connectivity index (χ3v) is 4.28. The van der Waals surface area contributed by atoms with E-state index >= 15 is 0 Å². The highest BCUT2D eigenvalue weighted by molar-refractivity contribution is 6.40. The van der Waals surface area contributed by atoms with Crippen molar-refractivity contribution in [3.8, 4) is 5.75 Å². The second-order valence-corrected chi connectivity index (χ2v) is 6.40. The molecule has 0 atom stereocenters. The van der Waals surface area contributed by atoms with E-state index in [4.69, 9.17) is 44.0 Å². The molecule has 26 heavy (non-hydrogen) atoms. The lowest BCUT2D eigenvalue weighted by Gasteiger charge is -2.08. The van der Waals surface area contributed by atoms with Crippen LogP contribution >= 0.6 is 34.8 Å². The molecular weight excluding hydrogens is 404 g/mol. The van der Waals surface area contributed by atoms with Gasteiger partial charge in [0.25, 0.3) is 5.91 Å². The molecule has 3 rings (SSSR count). The summed E-state index contributed by atoms with van der Waals surface area (Å²) in [7, 11) is 0. The van der Waals surface area contributed by atoms with Gasteiger partial charge in [0.15, 0.2) is 5.76 Å². The van der Waals surface area contributed by atoms with Gasteiger partial charge in [-0.3, -0.25) is 4.79 Å². The monoisotopic (exact) mass is 413 g/mol. The number of benzene rings is 2. The second kappa shape index (κ2) is 7.99. The Hall–Kier alpha value is -2.21. The van der Waals surface area contributed by atoms with Crippen LogP contribution in [-0.4, -0.2) is 5.91 Å². The number of halogens is 4. The van der Waals surface area contributed by atoms with Crippen LogP contribution < -0.4 is 10.1 Å². The Kier molecular flexibility index (Phi) is 5.71. The van der Waals surface area contributed by atoms with E-state index in [1.165, 1.54) is 18.2 Å². The zero-order valence-corrected chi connectivity index (χ0v) is 15.3. The molecule has 1 N–H and O–H groups in total. The Labute approximate surface area is 163 Å². The maximum absolute atomic E-state index is 13.0. The van der Waals surface area contributed by atoms with Crippen molar-refractivity contribution in [1.82, 2.24) is 0 Å². The first-order valence-electron chi connectivity index (χ1n) is 7.36. The summed E-state index contributed by atoms with van der Waals surface area (Å²) in [4.78, 5) is 12.3. The van der Waals surface area contributed by atoms with Crippen molar-refractivity contribution in [1.29, 1.82) is 0 Å². The molecule has 0 aliphatic rings. The van der Waals surface area contributed by atoms with Crippen molar-refractivity contribution in [2.75, 3.05) is 5.32 Å². The van der Waals surface area contributed by atoms with Crippen molar-refractivity contribution < 1.29 is 18.3 Å². The molecule has 4 nitrogen and oxygen atoms in total. The number of para-hydroxylation sites is 1. The molecule has 1 amide bonds. The maximum atomic E-state index is 13.0. The highest BCUT2D eigenvalue weighted by Crippen LogP contribution is 2.30. The molecular formula is C18H11Cl3FNO3. The van der Waals surface area contributed by atoms with E-state index in [1.54, 1.807) is 24.3 Å². The topological polar surface area (TPSA) is 51.5 Å². The maximum Gasteiger partial charge on any atom is 0.291 e. The number of carbonyl (C=O) groups excluding carboxylic acids is 1. The number of anilines is 1. The Balaban J connectivity index is 1.66. The van der Waals surface area contributed by atoms with Crippen molar-refractivity contribution in [2.45, 2.75) is 6.61 Å². The molecule has 3 aromatic rings. The minimum absolute atomic E-state index is 0.0193. The summed E-state index contributed by atoms with van der Waals surface area (Å²) in [6.07, 6.45) is 0. The number of furan rings is 1. The number of amides is 1. The predicted molar refractivity (Wildman–Crippen MR) is 98.9 cm³/mol. The van der Waals surface area contributed by atoms with Crippen LogP contribution in [0.1, 0.15) is 16.3 Å². The lowest BCUT2D eigenvalue weighted by molar-refractivity contribution is 0.0992. The van der Waals surface area contributed by atoms with Gasteiger partial charge in [-0.15, -0.1) is 0 Å². The highest BCUT2D eigenvalue weighted by Gasteiger charge is 2.15. The van der Waals surface area contributed by atoms with Gasteiger partial charge in [-0.25, -0.2) is 4.39 Å². The van der Waals surface area contributed by atoms with E-state index in [9.17, 15) is 9.18 Å². The third kappa shape index (κ3) is 4.30. The molecule has 134 valence electrons. The lowest BCUT2D eigenvalue weighted by atomic mass is 10.3. The summed E-state index contributed by atoms with van der Waals surface area (Å²) in [5, 5.41) is 3.36. The number of hydrogen-bond acceptors (Lipinski definition) is 3. The van der Waals surface area contributed by atoms with Crippen molar-refractivity contribution in [2.24, 2.45) is 0 Å². The first-order chi connectivity index (χ1) is 12.4. The second-order valence-electron chi connectivity index (χ2n) is 5.18. The van der Waals surface area contributed by atoms with Gasteiger partial charge in [0.2, 0.25) is 0 Å².